The fraction of sp³-hybridized carbons (Fsp3) is 0.600. The molecule has 0 aromatic carbocycles. The first kappa shape index (κ1) is 14.7. The van der Waals surface area contributed by atoms with Crippen LogP contribution in [-0.4, -0.2) is 30.2 Å². The van der Waals surface area contributed by atoms with Gasteiger partial charge in [-0.2, -0.15) is 13.2 Å². The van der Waals surface area contributed by atoms with Gasteiger partial charge in [0.15, 0.2) is 0 Å². The lowest BCUT2D eigenvalue weighted by molar-refractivity contribution is -0.0961. The molecule has 0 unspecified atom stereocenters. The first-order valence-electron chi connectivity index (χ1n) is 7.30. The lowest BCUT2D eigenvalue weighted by Gasteiger charge is -2.26. The zero-order valence-corrected chi connectivity index (χ0v) is 11.7. The number of alkyl halides is 3. The van der Waals surface area contributed by atoms with Gasteiger partial charge >= 0.3 is 6.18 Å². The largest absolute Gasteiger partial charge is 0.463 e. The lowest BCUT2D eigenvalue weighted by atomic mass is 10.1. The second-order valence-electron chi connectivity index (χ2n) is 5.74. The number of furan rings is 1. The molecule has 1 aromatic heterocycles. The molecule has 6 heteroatoms. The van der Waals surface area contributed by atoms with Crippen molar-refractivity contribution in [2.75, 3.05) is 13.1 Å². The van der Waals surface area contributed by atoms with Crippen molar-refractivity contribution in [2.45, 2.75) is 44.6 Å². The van der Waals surface area contributed by atoms with Gasteiger partial charge in [-0.05, 0) is 31.4 Å². The summed E-state index contributed by atoms with van der Waals surface area (Å²) < 4.78 is 43.3. The van der Waals surface area contributed by atoms with Crippen LogP contribution in [0.2, 0.25) is 0 Å². The Balaban J connectivity index is 1.49. The highest BCUT2D eigenvalue weighted by atomic mass is 19.4. The summed E-state index contributed by atoms with van der Waals surface area (Å²) in [6.45, 7) is 2.03. The topological polar surface area (TPSA) is 28.4 Å². The Morgan fingerprint density at radius 3 is 2.62 bits per heavy atom. The van der Waals surface area contributed by atoms with Gasteiger partial charge in [-0.25, -0.2) is 0 Å². The zero-order chi connectivity index (χ0) is 14.9. The standard InChI is InChI=1S/C15H19F3N2O/c16-15(17,18)11-5-7-20(8-6-11)10-14-4-3-13(21-14)9-19-12-1-2-12/h3-5,12,19H,1-2,6-10H2. The third-order valence-electron chi connectivity index (χ3n) is 3.90. The number of hydrogen-bond acceptors (Lipinski definition) is 3. The molecule has 0 radical (unpaired) electrons. The van der Waals surface area contributed by atoms with E-state index in [1.54, 1.807) is 0 Å². The van der Waals surface area contributed by atoms with E-state index >= 15 is 0 Å². The monoisotopic (exact) mass is 300 g/mol. The molecule has 116 valence electrons. The summed E-state index contributed by atoms with van der Waals surface area (Å²) in [6, 6.07) is 4.48. The van der Waals surface area contributed by atoms with Gasteiger partial charge < -0.3 is 9.73 Å². The first-order chi connectivity index (χ1) is 10.0. The average Bonchev–Trinajstić information content (AvgIpc) is 3.16. The van der Waals surface area contributed by atoms with Crippen molar-refractivity contribution in [1.29, 1.82) is 0 Å². The van der Waals surface area contributed by atoms with E-state index in [1.165, 1.54) is 18.9 Å². The van der Waals surface area contributed by atoms with Gasteiger partial charge in [0.2, 0.25) is 0 Å². The van der Waals surface area contributed by atoms with Crippen LogP contribution >= 0.6 is 0 Å². The average molecular weight is 300 g/mol. The van der Waals surface area contributed by atoms with Crippen LogP contribution in [0.25, 0.3) is 0 Å². The predicted octanol–water partition coefficient (Wildman–Crippen LogP) is 3.23. The van der Waals surface area contributed by atoms with Crippen LogP contribution in [0.4, 0.5) is 13.2 Å². The Morgan fingerprint density at radius 1 is 1.24 bits per heavy atom. The van der Waals surface area contributed by atoms with Crippen LogP contribution in [0.3, 0.4) is 0 Å². The Kier molecular flexibility index (Phi) is 4.08. The highest BCUT2D eigenvalue weighted by molar-refractivity contribution is 5.14. The molecule has 1 aromatic rings. The molecule has 0 atom stereocenters. The van der Waals surface area contributed by atoms with Crippen molar-refractivity contribution < 1.29 is 17.6 Å². The molecule has 0 spiro atoms. The number of nitrogens with zero attached hydrogens (tertiary/aromatic N) is 1. The summed E-state index contributed by atoms with van der Waals surface area (Å²) in [7, 11) is 0. The van der Waals surface area contributed by atoms with Crippen LogP contribution in [0, 0.1) is 0 Å². The molecule has 0 bridgehead atoms. The molecule has 1 saturated carbocycles. The molecule has 2 heterocycles. The third-order valence-corrected chi connectivity index (χ3v) is 3.90. The third kappa shape index (κ3) is 4.11. The summed E-state index contributed by atoms with van der Waals surface area (Å²) in [6.07, 6.45) is -0.384. The van der Waals surface area contributed by atoms with Crippen molar-refractivity contribution >= 4 is 0 Å². The van der Waals surface area contributed by atoms with E-state index in [4.69, 9.17) is 4.42 Å². The molecule has 1 aliphatic carbocycles. The molecule has 3 rings (SSSR count). The van der Waals surface area contributed by atoms with Crippen molar-refractivity contribution in [3.63, 3.8) is 0 Å². The number of nitrogens with one attached hydrogen (secondary N) is 1. The quantitative estimate of drug-likeness (QED) is 0.846. The number of rotatable bonds is 5. The maximum absolute atomic E-state index is 12.5. The molecule has 1 fully saturated rings. The van der Waals surface area contributed by atoms with Crippen LogP contribution in [0.15, 0.2) is 28.2 Å². The summed E-state index contributed by atoms with van der Waals surface area (Å²) in [5.41, 5.74) is -0.410. The Bertz CT molecular complexity index is 517. The molecular weight excluding hydrogens is 281 g/mol. The van der Waals surface area contributed by atoms with Gasteiger partial charge in [-0.15, -0.1) is 0 Å². The first-order valence-corrected chi connectivity index (χ1v) is 7.30. The minimum Gasteiger partial charge on any atom is -0.463 e. The van der Waals surface area contributed by atoms with Gasteiger partial charge in [-0.3, -0.25) is 4.90 Å². The van der Waals surface area contributed by atoms with E-state index < -0.39 is 11.7 Å². The molecule has 1 N–H and O–H groups in total. The molecule has 3 nitrogen and oxygen atoms in total. The van der Waals surface area contributed by atoms with E-state index in [1.807, 2.05) is 17.0 Å². The Hall–Kier alpha value is -1.27. The minimum absolute atomic E-state index is 0.0559. The van der Waals surface area contributed by atoms with Crippen LogP contribution < -0.4 is 5.32 Å². The number of hydrogen-bond donors (Lipinski definition) is 1. The Labute approximate surface area is 121 Å². The molecule has 0 saturated heterocycles. The summed E-state index contributed by atoms with van der Waals surface area (Å²) in [4.78, 5) is 1.96. The van der Waals surface area contributed by atoms with E-state index in [0.717, 1.165) is 18.1 Å². The van der Waals surface area contributed by atoms with E-state index in [2.05, 4.69) is 5.32 Å². The second kappa shape index (κ2) is 5.85. The zero-order valence-electron chi connectivity index (χ0n) is 11.7. The summed E-state index contributed by atoms with van der Waals surface area (Å²) >= 11 is 0. The molecule has 1 aliphatic heterocycles. The fourth-order valence-corrected chi connectivity index (χ4v) is 2.47. The lowest BCUT2D eigenvalue weighted by Crippen LogP contribution is -2.31. The molecule has 21 heavy (non-hydrogen) atoms. The van der Waals surface area contributed by atoms with Gasteiger partial charge in [0, 0.05) is 24.7 Å². The van der Waals surface area contributed by atoms with Gasteiger partial charge in [-0.1, -0.05) is 6.08 Å². The second-order valence-corrected chi connectivity index (χ2v) is 5.74. The molecule has 0 amide bonds. The van der Waals surface area contributed by atoms with Crippen molar-refractivity contribution in [2.24, 2.45) is 0 Å². The van der Waals surface area contributed by atoms with Crippen molar-refractivity contribution in [3.8, 4) is 0 Å². The fourth-order valence-electron chi connectivity index (χ4n) is 2.47. The maximum atomic E-state index is 12.5. The molecule has 2 aliphatic rings. The van der Waals surface area contributed by atoms with Crippen molar-refractivity contribution in [1.82, 2.24) is 10.2 Å². The van der Waals surface area contributed by atoms with Gasteiger partial charge in [0.25, 0.3) is 0 Å². The van der Waals surface area contributed by atoms with Gasteiger partial charge in [0.05, 0.1) is 13.1 Å². The SMILES string of the molecule is FC(F)(F)C1=CCN(Cc2ccc(CNC3CC3)o2)CC1. The van der Waals surface area contributed by atoms with Crippen LogP contribution in [0.1, 0.15) is 30.8 Å². The maximum Gasteiger partial charge on any atom is 0.412 e. The Morgan fingerprint density at radius 2 is 2.00 bits per heavy atom. The smallest absolute Gasteiger partial charge is 0.412 e. The molecular formula is C15H19F3N2O. The van der Waals surface area contributed by atoms with Crippen LogP contribution in [-0.2, 0) is 13.1 Å². The van der Waals surface area contributed by atoms with E-state index in [0.29, 0.717) is 25.7 Å². The van der Waals surface area contributed by atoms with Gasteiger partial charge in [0.1, 0.15) is 11.5 Å². The summed E-state index contributed by atoms with van der Waals surface area (Å²) in [5.74, 6) is 1.70. The van der Waals surface area contributed by atoms with Crippen molar-refractivity contribution in [3.05, 3.63) is 35.3 Å². The minimum atomic E-state index is -4.18. The van der Waals surface area contributed by atoms with E-state index in [-0.39, 0.29) is 6.42 Å². The van der Waals surface area contributed by atoms with E-state index in [9.17, 15) is 13.2 Å². The number of halogens is 3. The summed E-state index contributed by atoms with van der Waals surface area (Å²) in [5, 5.41) is 3.37. The van der Waals surface area contributed by atoms with Crippen LogP contribution in [0.5, 0.6) is 0 Å². The highest BCUT2D eigenvalue weighted by Crippen LogP contribution is 2.30. The normalized spacial score (nSPS) is 20.6. The highest BCUT2D eigenvalue weighted by Gasteiger charge is 2.34. The predicted molar refractivity (Wildman–Crippen MR) is 72.6 cm³/mol.